The molecule has 1 aliphatic heterocycles. The Bertz CT molecular complexity index is 736. The average Bonchev–Trinajstić information content (AvgIpc) is 2.62. The van der Waals surface area contributed by atoms with Crippen LogP contribution >= 0.6 is 0 Å². The van der Waals surface area contributed by atoms with Gasteiger partial charge in [0.05, 0.1) is 11.7 Å². The predicted molar refractivity (Wildman–Crippen MR) is 94.5 cm³/mol. The van der Waals surface area contributed by atoms with Crippen molar-refractivity contribution in [1.82, 2.24) is 9.88 Å². The minimum absolute atomic E-state index is 0.0824. The number of nitrogens with zero attached hydrogens (tertiary/aromatic N) is 2. The van der Waals surface area contributed by atoms with Crippen molar-refractivity contribution in [3.63, 3.8) is 0 Å². The molecule has 132 valence electrons. The van der Waals surface area contributed by atoms with Crippen molar-refractivity contribution >= 4 is 17.4 Å². The Labute approximate surface area is 146 Å². The van der Waals surface area contributed by atoms with Gasteiger partial charge in [0.2, 0.25) is 0 Å². The highest BCUT2D eigenvalue weighted by Crippen LogP contribution is 2.22. The van der Waals surface area contributed by atoms with E-state index in [0.29, 0.717) is 36.8 Å². The van der Waals surface area contributed by atoms with Gasteiger partial charge in [0.25, 0.3) is 5.91 Å². The lowest BCUT2D eigenvalue weighted by atomic mass is 10.1. The van der Waals surface area contributed by atoms with Crippen LogP contribution in [-0.4, -0.2) is 41.6 Å². The molecule has 0 saturated carbocycles. The summed E-state index contributed by atoms with van der Waals surface area (Å²) < 4.78 is 19.1. The molecule has 1 aromatic carbocycles. The van der Waals surface area contributed by atoms with Crippen LogP contribution in [0.1, 0.15) is 30.1 Å². The van der Waals surface area contributed by atoms with Gasteiger partial charge in [-0.25, -0.2) is 9.37 Å². The number of anilines is 2. The van der Waals surface area contributed by atoms with Gasteiger partial charge in [-0.15, -0.1) is 0 Å². The van der Waals surface area contributed by atoms with Crippen molar-refractivity contribution in [2.75, 3.05) is 25.0 Å². The normalized spacial score (nSPS) is 17.4. The molecule has 1 saturated heterocycles. The lowest BCUT2D eigenvalue weighted by Crippen LogP contribution is -2.43. The third-order valence-electron chi connectivity index (χ3n) is 4.19. The van der Waals surface area contributed by atoms with Gasteiger partial charge in [0.1, 0.15) is 11.6 Å². The summed E-state index contributed by atoms with van der Waals surface area (Å²) in [6.07, 6.45) is 3.58. The first-order valence-electron chi connectivity index (χ1n) is 8.56. The van der Waals surface area contributed by atoms with Crippen LogP contribution < -0.4 is 5.32 Å². The Balaban J connectivity index is 1.79. The van der Waals surface area contributed by atoms with Gasteiger partial charge >= 0.3 is 0 Å². The lowest BCUT2D eigenvalue weighted by molar-refractivity contribution is 0.00726. The second kappa shape index (κ2) is 8.07. The molecule has 0 radical (unpaired) electrons. The first-order chi connectivity index (χ1) is 12.2. The number of rotatable bonds is 5. The number of piperidine rings is 1. The summed E-state index contributed by atoms with van der Waals surface area (Å²) in [4.78, 5) is 19.0. The maximum atomic E-state index is 13.4. The quantitative estimate of drug-likeness (QED) is 0.901. The zero-order chi connectivity index (χ0) is 17.6. The fourth-order valence-corrected chi connectivity index (χ4v) is 3.05. The number of carbonyl (C=O) groups excluding carboxylic acids is 1. The number of pyridine rings is 1. The van der Waals surface area contributed by atoms with E-state index >= 15 is 0 Å². The topological polar surface area (TPSA) is 54.5 Å². The van der Waals surface area contributed by atoms with Crippen LogP contribution in [0.5, 0.6) is 0 Å². The number of benzene rings is 1. The third-order valence-corrected chi connectivity index (χ3v) is 4.19. The molecule has 1 unspecified atom stereocenters. The molecular weight excluding hydrogens is 321 g/mol. The van der Waals surface area contributed by atoms with Gasteiger partial charge in [-0.2, -0.15) is 0 Å². The Morgan fingerprint density at radius 1 is 1.40 bits per heavy atom. The second-order valence-corrected chi connectivity index (χ2v) is 6.01. The molecule has 1 atom stereocenters. The Morgan fingerprint density at radius 2 is 2.28 bits per heavy atom. The molecule has 1 aromatic heterocycles. The molecule has 1 aliphatic rings. The summed E-state index contributed by atoms with van der Waals surface area (Å²) in [5, 5.41) is 3.04. The number of aromatic nitrogens is 1. The van der Waals surface area contributed by atoms with E-state index in [1.54, 1.807) is 35.4 Å². The van der Waals surface area contributed by atoms with Crippen molar-refractivity contribution in [1.29, 1.82) is 0 Å². The highest BCUT2D eigenvalue weighted by Gasteiger charge is 2.26. The second-order valence-electron chi connectivity index (χ2n) is 6.01. The van der Waals surface area contributed by atoms with E-state index in [4.69, 9.17) is 4.74 Å². The van der Waals surface area contributed by atoms with Crippen LogP contribution in [0.25, 0.3) is 0 Å². The fraction of sp³-hybridized carbons (Fsp3) is 0.368. The zero-order valence-corrected chi connectivity index (χ0v) is 14.2. The maximum Gasteiger partial charge on any atom is 0.257 e. The number of halogens is 1. The van der Waals surface area contributed by atoms with Crippen molar-refractivity contribution in [3.05, 3.63) is 54.0 Å². The number of nitrogens with one attached hydrogen (secondary N) is 1. The predicted octanol–water partition coefficient (Wildman–Crippen LogP) is 3.61. The van der Waals surface area contributed by atoms with Gasteiger partial charge in [-0.05, 0) is 50.1 Å². The van der Waals surface area contributed by atoms with E-state index in [1.807, 2.05) is 6.92 Å². The first kappa shape index (κ1) is 17.4. The summed E-state index contributed by atoms with van der Waals surface area (Å²) in [6.45, 7) is 3.90. The van der Waals surface area contributed by atoms with Gasteiger partial charge < -0.3 is 15.0 Å². The van der Waals surface area contributed by atoms with Gasteiger partial charge in [-0.1, -0.05) is 6.07 Å². The summed E-state index contributed by atoms with van der Waals surface area (Å²) >= 11 is 0. The van der Waals surface area contributed by atoms with Crippen molar-refractivity contribution in [2.24, 2.45) is 0 Å². The highest BCUT2D eigenvalue weighted by molar-refractivity contribution is 5.99. The minimum atomic E-state index is -0.343. The van der Waals surface area contributed by atoms with Crippen LogP contribution in [0.2, 0.25) is 0 Å². The van der Waals surface area contributed by atoms with E-state index in [0.717, 1.165) is 12.8 Å². The van der Waals surface area contributed by atoms with Gasteiger partial charge in [0.15, 0.2) is 0 Å². The molecule has 2 heterocycles. The molecule has 1 amide bonds. The molecule has 0 aliphatic carbocycles. The van der Waals surface area contributed by atoms with Gasteiger partial charge in [0, 0.05) is 31.6 Å². The van der Waals surface area contributed by atoms with Crippen molar-refractivity contribution in [2.45, 2.75) is 25.9 Å². The molecule has 0 spiro atoms. The van der Waals surface area contributed by atoms with Crippen molar-refractivity contribution < 1.29 is 13.9 Å². The molecule has 1 N–H and O–H groups in total. The summed E-state index contributed by atoms with van der Waals surface area (Å²) in [5.74, 6) is -0.00238. The van der Waals surface area contributed by atoms with Crippen LogP contribution in [-0.2, 0) is 4.74 Å². The maximum absolute atomic E-state index is 13.4. The van der Waals surface area contributed by atoms with Crippen molar-refractivity contribution in [3.8, 4) is 0 Å². The monoisotopic (exact) mass is 343 g/mol. The highest BCUT2D eigenvalue weighted by atomic mass is 19.1. The van der Waals surface area contributed by atoms with Gasteiger partial charge in [-0.3, -0.25) is 4.79 Å². The molecule has 5 nitrogen and oxygen atoms in total. The molecule has 3 rings (SSSR count). The standard InChI is InChI=1S/C19H22FN3O2/c1-2-25-16-8-5-11-23(13-16)19(24)17-9-4-10-21-18(17)22-15-7-3-6-14(20)12-15/h3-4,6-7,9-10,12,16H,2,5,8,11,13H2,1H3,(H,21,22). The molecule has 6 heteroatoms. The van der Waals surface area contributed by atoms with Crippen LogP contribution in [0.4, 0.5) is 15.9 Å². The average molecular weight is 343 g/mol. The Kier molecular flexibility index (Phi) is 5.60. The molecule has 0 bridgehead atoms. The summed E-state index contributed by atoms with van der Waals surface area (Å²) in [6, 6.07) is 9.55. The number of carbonyl (C=O) groups is 1. The van der Waals surface area contributed by atoms with E-state index in [2.05, 4.69) is 10.3 Å². The van der Waals surface area contributed by atoms with Crippen LogP contribution in [0, 0.1) is 5.82 Å². The van der Waals surface area contributed by atoms with Crippen LogP contribution in [0.3, 0.4) is 0 Å². The zero-order valence-electron chi connectivity index (χ0n) is 14.2. The van der Waals surface area contributed by atoms with E-state index in [9.17, 15) is 9.18 Å². The number of ether oxygens (including phenoxy) is 1. The number of amides is 1. The Morgan fingerprint density at radius 3 is 3.08 bits per heavy atom. The Hall–Kier alpha value is -2.47. The smallest absolute Gasteiger partial charge is 0.257 e. The van der Waals surface area contributed by atoms with E-state index in [1.165, 1.54) is 12.1 Å². The third kappa shape index (κ3) is 4.33. The largest absolute Gasteiger partial charge is 0.377 e. The molecule has 2 aromatic rings. The lowest BCUT2D eigenvalue weighted by Gasteiger charge is -2.32. The van der Waals surface area contributed by atoms with Crippen LogP contribution in [0.15, 0.2) is 42.6 Å². The van der Waals surface area contributed by atoms with E-state index < -0.39 is 0 Å². The molecule has 1 fully saturated rings. The number of hydrogen-bond donors (Lipinski definition) is 1. The summed E-state index contributed by atoms with van der Waals surface area (Å²) in [7, 11) is 0. The SMILES string of the molecule is CCOC1CCCN(C(=O)c2cccnc2Nc2cccc(F)c2)C1. The molecule has 25 heavy (non-hydrogen) atoms. The number of likely N-dealkylation sites (tertiary alicyclic amines) is 1. The van der Waals surface area contributed by atoms with E-state index in [-0.39, 0.29) is 17.8 Å². The summed E-state index contributed by atoms with van der Waals surface area (Å²) in [5.41, 5.74) is 1.03. The number of hydrogen-bond acceptors (Lipinski definition) is 4. The first-order valence-corrected chi connectivity index (χ1v) is 8.56. The fourth-order valence-electron chi connectivity index (χ4n) is 3.05. The molecular formula is C19H22FN3O2. The minimum Gasteiger partial charge on any atom is -0.377 e.